The zero-order valence-corrected chi connectivity index (χ0v) is 13.2. The van der Waals surface area contributed by atoms with Gasteiger partial charge in [-0.25, -0.2) is 0 Å². The van der Waals surface area contributed by atoms with Crippen LogP contribution in [0.15, 0.2) is 22.7 Å². The lowest BCUT2D eigenvalue weighted by molar-refractivity contribution is 0.0669. The van der Waals surface area contributed by atoms with E-state index in [0.717, 1.165) is 16.6 Å². The number of halogens is 1. The maximum absolute atomic E-state index is 5.49. The van der Waals surface area contributed by atoms with E-state index >= 15 is 0 Å². The SMILES string of the molecule is COCc1c(Br)cccc1NC1CCCC(OC)C1. The van der Waals surface area contributed by atoms with Crippen LogP contribution in [0, 0.1) is 0 Å². The molecular weight excluding hydrogens is 306 g/mol. The van der Waals surface area contributed by atoms with Crippen molar-refractivity contribution in [1.82, 2.24) is 0 Å². The molecule has 1 aliphatic carbocycles. The summed E-state index contributed by atoms with van der Waals surface area (Å²) >= 11 is 3.59. The molecule has 1 aromatic rings. The third-order valence-electron chi connectivity index (χ3n) is 3.73. The third kappa shape index (κ3) is 3.94. The van der Waals surface area contributed by atoms with Gasteiger partial charge in [-0.1, -0.05) is 22.0 Å². The van der Waals surface area contributed by atoms with Gasteiger partial charge in [-0.05, 0) is 37.8 Å². The minimum atomic E-state index is 0.393. The van der Waals surface area contributed by atoms with Gasteiger partial charge in [0.1, 0.15) is 0 Å². The Morgan fingerprint density at radius 2 is 2.16 bits per heavy atom. The van der Waals surface area contributed by atoms with E-state index in [0.29, 0.717) is 18.8 Å². The summed E-state index contributed by atoms with van der Waals surface area (Å²) in [6.45, 7) is 0.615. The summed E-state index contributed by atoms with van der Waals surface area (Å²) < 4.78 is 11.9. The summed E-state index contributed by atoms with van der Waals surface area (Å²) in [7, 11) is 3.54. The van der Waals surface area contributed by atoms with E-state index in [1.807, 2.05) is 7.11 Å². The molecular formula is C15H22BrNO2. The molecule has 2 rings (SSSR count). The topological polar surface area (TPSA) is 30.5 Å². The van der Waals surface area contributed by atoms with Crippen molar-refractivity contribution >= 4 is 21.6 Å². The fraction of sp³-hybridized carbons (Fsp3) is 0.600. The highest BCUT2D eigenvalue weighted by Gasteiger charge is 2.22. The first-order chi connectivity index (χ1) is 9.24. The number of benzene rings is 1. The molecule has 106 valence electrons. The summed E-state index contributed by atoms with van der Waals surface area (Å²) in [5, 5.41) is 3.65. The van der Waals surface area contributed by atoms with Crippen molar-refractivity contribution in [2.75, 3.05) is 19.5 Å². The number of ether oxygens (including phenoxy) is 2. The van der Waals surface area contributed by atoms with Gasteiger partial charge in [0.25, 0.3) is 0 Å². The fourth-order valence-electron chi connectivity index (χ4n) is 2.69. The van der Waals surface area contributed by atoms with Gasteiger partial charge in [0.05, 0.1) is 12.7 Å². The number of anilines is 1. The molecule has 0 saturated heterocycles. The van der Waals surface area contributed by atoms with Crippen LogP contribution in [0.1, 0.15) is 31.2 Å². The van der Waals surface area contributed by atoms with E-state index < -0.39 is 0 Å². The minimum absolute atomic E-state index is 0.393. The van der Waals surface area contributed by atoms with Gasteiger partial charge >= 0.3 is 0 Å². The molecule has 0 aliphatic heterocycles. The monoisotopic (exact) mass is 327 g/mol. The summed E-state index contributed by atoms with van der Waals surface area (Å²) in [4.78, 5) is 0. The number of rotatable bonds is 5. The maximum atomic E-state index is 5.49. The molecule has 0 radical (unpaired) electrons. The maximum Gasteiger partial charge on any atom is 0.0744 e. The highest BCUT2D eigenvalue weighted by atomic mass is 79.9. The van der Waals surface area contributed by atoms with Gasteiger partial charge in [-0.3, -0.25) is 0 Å². The predicted molar refractivity (Wildman–Crippen MR) is 81.5 cm³/mol. The first-order valence-corrected chi connectivity index (χ1v) is 7.59. The van der Waals surface area contributed by atoms with Crippen molar-refractivity contribution < 1.29 is 9.47 Å². The zero-order valence-electron chi connectivity index (χ0n) is 11.6. The van der Waals surface area contributed by atoms with Gasteiger partial charge in [-0.2, -0.15) is 0 Å². The molecule has 0 spiro atoms. The highest BCUT2D eigenvalue weighted by Crippen LogP contribution is 2.29. The first-order valence-electron chi connectivity index (χ1n) is 6.80. The van der Waals surface area contributed by atoms with E-state index in [1.54, 1.807) is 7.11 Å². The Hall–Kier alpha value is -0.580. The third-order valence-corrected chi connectivity index (χ3v) is 4.47. The Labute approximate surface area is 123 Å². The lowest BCUT2D eigenvalue weighted by Crippen LogP contribution is -2.31. The molecule has 0 amide bonds. The second-order valence-corrected chi connectivity index (χ2v) is 5.92. The van der Waals surface area contributed by atoms with E-state index in [2.05, 4.69) is 39.4 Å². The van der Waals surface area contributed by atoms with Crippen LogP contribution in [0.5, 0.6) is 0 Å². The summed E-state index contributed by atoms with van der Waals surface area (Å²) in [6.07, 6.45) is 5.08. The van der Waals surface area contributed by atoms with Crippen LogP contribution in [-0.4, -0.2) is 26.4 Å². The lowest BCUT2D eigenvalue weighted by Gasteiger charge is -2.30. The number of hydrogen-bond acceptors (Lipinski definition) is 3. The van der Waals surface area contributed by atoms with Gasteiger partial charge < -0.3 is 14.8 Å². The zero-order chi connectivity index (χ0) is 13.7. The van der Waals surface area contributed by atoms with Crippen LogP contribution in [0.4, 0.5) is 5.69 Å². The van der Waals surface area contributed by atoms with Crippen LogP contribution in [-0.2, 0) is 16.1 Å². The predicted octanol–water partition coefficient (Wildman–Crippen LogP) is 3.97. The van der Waals surface area contributed by atoms with Crippen LogP contribution >= 0.6 is 15.9 Å². The number of nitrogens with one attached hydrogen (secondary N) is 1. The van der Waals surface area contributed by atoms with Crippen LogP contribution in [0.25, 0.3) is 0 Å². The Bertz CT molecular complexity index is 411. The largest absolute Gasteiger partial charge is 0.382 e. The molecule has 1 aromatic carbocycles. The van der Waals surface area contributed by atoms with E-state index in [1.165, 1.54) is 24.8 Å². The summed E-state index contributed by atoms with van der Waals surface area (Å²) in [5.74, 6) is 0. The fourth-order valence-corrected chi connectivity index (χ4v) is 3.18. The quantitative estimate of drug-likeness (QED) is 0.887. The molecule has 0 bridgehead atoms. The Morgan fingerprint density at radius 1 is 1.32 bits per heavy atom. The van der Waals surface area contributed by atoms with Crippen LogP contribution in [0.3, 0.4) is 0 Å². The minimum Gasteiger partial charge on any atom is -0.382 e. The van der Waals surface area contributed by atoms with Gasteiger partial charge in [-0.15, -0.1) is 0 Å². The highest BCUT2D eigenvalue weighted by molar-refractivity contribution is 9.10. The van der Waals surface area contributed by atoms with Gasteiger partial charge in [0, 0.05) is 36.0 Å². The first kappa shape index (κ1) is 14.8. The average Bonchev–Trinajstić information content (AvgIpc) is 2.43. The smallest absolute Gasteiger partial charge is 0.0744 e. The van der Waals surface area contributed by atoms with Crippen molar-refractivity contribution in [3.05, 3.63) is 28.2 Å². The molecule has 1 aliphatic rings. The molecule has 2 unspecified atom stereocenters. The second kappa shape index (κ2) is 7.27. The standard InChI is InChI=1S/C15H22BrNO2/c1-18-10-13-14(16)7-4-8-15(13)17-11-5-3-6-12(9-11)19-2/h4,7-8,11-12,17H,3,5-6,9-10H2,1-2H3. The van der Waals surface area contributed by atoms with Crippen molar-refractivity contribution in [2.24, 2.45) is 0 Å². The van der Waals surface area contributed by atoms with Crippen molar-refractivity contribution in [3.63, 3.8) is 0 Å². The van der Waals surface area contributed by atoms with Crippen LogP contribution in [0.2, 0.25) is 0 Å². The van der Waals surface area contributed by atoms with Crippen molar-refractivity contribution in [3.8, 4) is 0 Å². The normalized spacial score (nSPS) is 23.3. The van der Waals surface area contributed by atoms with Crippen molar-refractivity contribution in [2.45, 2.75) is 44.4 Å². The molecule has 0 heterocycles. The second-order valence-electron chi connectivity index (χ2n) is 5.06. The summed E-state index contributed by atoms with van der Waals surface area (Å²) in [6, 6.07) is 6.72. The molecule has 4 heteroatoms. The molecule has 1 N–H and O–H groups in total. The average molecular weight is 328 g/mol. The molecule has 1 saturated carbocycles. The van der Waals surface area contributed by atoms with Gasteiger partial charge in [0.15, 0.2) is 0 Å². The Morgan fingerprint density at radius 3 is 2.89 bits per heavy atom. The molecule has 2 atom stereocenters. The Kier molecular flexibility index (Phi) is 5.67. The van der Waals surface area contributed by atoms with Crippen molar-refractivity contribution in [1.29, 1.82) is 0 Å². The molecule has 3 nitrogen and oxygen atoms in total. The molecule has 0 aromatic heterocycles. The van der Waals surface area contributed by atoms with E-state index in [4.69, 9.17) is 9.47 Å². The lowest BCUT2D eigenvalue weighted by atomic mass is 9.92. The number of methoxy groups -OCH3 is 2. The van der Waals surface area contributed by atoms with E-state index in [9.17, 15) is 0 Å². The number of hydrogen-bond donors (Lipinski definition) is 1. The van der Waals surface area contributed by atoms with E-state index in [-0.39, 0.29) is 0 Å². The van der Waals surface area contributed by atoms with Crippen LogP contribution < -0.4 is 5.32 Å². The Balaban J connectivity index is 2.07. The molecule has 1 fully saturated rings. The summed E-state index contributed by atoms with van der Waals surface area (Å²) in [5.41, 5.74) is 2.35. The molecule has 19 heavy (non-hydrogen) atoms. The van der Waals surface area contributed by atoms with Gasteiger partial charge in [0.2, 0.25) is 0 Å².